The van der Waals surface area contributed by atoms with Gasteiger partial charge in [-0.15, -0.1) is 0 Å². The summed E-state index contributed by atoms with van der Waals surface area (Å²) >= 11 is 0. The highest BCUT2D eigenvalue weighted by Gasteiger charge is 2.41. The van der Waals surface area contributed by atoms with Gasteiger partial charge in [0, 0.05) is 6.92 Å². The van der Waals surface area contributed by atoms with Gasteiger partial charge in [-0.05, 0) is 22.8 Å². The first-order valence-corrected chi connectivity index (χ1v) is 6.37. The first kappa shape index (κ1) is 15.1. The molecular formula is C16H14F3NO. The zero-order valence-corrected chi connectivity index (χ0v) is 11.3. The SMILES string of the molecule is CC(=O)NC(c1cccc(-c2ccccc2)c1)C(F)(F)F. The van der Waals surface area contributed by atoms with Gasteiger partial charge in [0.25, 0.3) is 0 Å². The summed E-state index contributed by atoms with van der Waals surface area (Å²) in [6, 6.07) is 13.2. The minimum atomic E-state index is -4.54. The molecule has 0 heterocycles. The second kappa shape index (κ2) is 5.99. The number of hydrogen-bond acceptors (Lipinski definition) is 1. The molecule has 1 N–H and O–H groups in total. The summed E-state index contributed by atoms with van der Waals surface area (Å²) in [5.74, 6) is -0.720. The minimum Gasteiger partial charge on any atom is -0.341 e. The Morgan fingerprint density at radius 1 is 1.00 bits per heavy atom. The number of rotatable bonds is 3. The number of amides is 1. The van der Waals surface area contributed by atoms with Gasteiger partial charge in [0.1, 0.15) is 0 Å². The van der Waals surface area contributed by atoms with E-state index in [1.54, 1.807) is 12.1 Å². The minimum absolute atomic E-state index is 0.0130. The fourth-order valence-electron chi connectivity index (χ4n) is 2.09. The standard InChI is InChI=1S/C16H14F3NO/c1-11(21)20-15(16(17,18)19)14-9-5-8-13(10-14)12-6-3-2-4-7-12/h2-10,15H,1H3,(H,20,21). The van der Waals surface area contributed by atoms with Crippen molar-refractivity contribution in [1.29, 1.82) is 0 Å². The fraction of sp³-hybridized carbons (Fsp3) is 0.188. The van der Waals surface area contributed by atoms with Crippen LogP contribution in [-0.4, -0.2) is 12.1 Å². The predicted octanol–water partition coefficient (Wildman–Crippen LogP) is 4.09. The van der Waals surface area contributed by atoms with Crippen LogP contribution in [0, 0.1) is 0 Å². The summed E-state index contributed by atoms with van der Waals surface area (Å²) in [5, 5.41) is 1.95. The maximum Gasteiger partial charge on any atom is 0.412 e. The van der Waals surface area contributed by atoms with Crippen molar-refractivity contribution in [3.8, 4) is 11.1 Å². The normalized spacial score (nSPS) is 12.8. The molecule has 2 nitrogen and oxygen atoms in total. The monoisotopic (exact) mass is 293 g/mol. The highest BCUT2D eigenvalue weighted by molar-refractivity contribution is 5.74. The lowest BCUT2D eigenvalue weighted by Gasteiger charge is -2.22. The number of nitrogens with one attached hydrogen (secondary N) is 1. The smallest absolute Gasteiger partial charge is 0.341 e. The third kappa shape index (κ3) is 3.84. The summed E-state index contributed by atoms with van der Waals surface area (Å²) in [7, 11) is 0. The molecule has 2 rings (SSSR count). The number of halogens is 3. The number of carbonyl (C=O) groups excluding carboxylic acids is 1. The lowest BCUT2D eigenvalue weighted by molar-refractivity contribution is -0.162. The van der Waals surface area contributed by atoms with Crippen LogP contribution in [0.4, 0.5) is 13.2 Å². The second-order valence-corrected chi connectivity index (χ2v) is 4.67. The number of alkyl halides is 3. The molecule has 1 amide bonds. The van der Waals surface area contributed by atoms with Crippen molar-refractivity contribution in [1.82, 2.24) is 5.32 Å². The Bertz CT molecular complexity index is 623. The largest absolute Gasteiger partial charge is 0.412 e. The number of carbonyl (C=O) groups is 1. The first-order chi connectivity index (χ1) is 9.88. The maximum absolute atomic E-state index is 13.1. The molecule has 110 valence electrons. The van der Waals surface area contributed by atoms with Crippen LogP contribution in [0.25, 0.3) is 11.1 Å². The summed E-state index contributed by atoms with van der Waals surface area (Å²) < 4.78 is 39.3. The molecule has 0 saturated carbocycles. The van der Waals surface area contributed by atoms with Crippen molar-refractivity contribution in [2.45, 2.75) is 19.1 Å². The Balaban J connectivity index is 2.41. The van der Waals surface area contributed by atoms with Crippen molar-refractivity contribution in [3.63, 3.8) is 0 Å². The summed E-state index contributed by atoms with van der Waals surface area (Å²) in [6.45, 7) is 1.07. The van der Waals surface area contributed by atoms with E-state index in [4.69, 9.17) is 0 Å². The van der Waals surface area contributed by atoms with Gasteiger partial charge in [-0.2, -0.15) is 13.2 Å². The van der Waals surface area contributed by atoms with Gasteiger partial charge in [-0.25, -0.2) is 0 Å². The van der Waals surface area contributed by atoms with Crippen molar-refractivity contribution >= 4 is 5.91 Å². The van der Waals surface area contributed by atoms with Gasteiger partial charge in [0.05, 0.1) is 0 Å². The highest BCUT2D eigenvalue weighted by Crippen LogP contribution is 2.34. The van der Waals surface area contributed by atoms with Crippen LogP contribution in [0.1, 0.15) is 18.5 Å². The zero-order valence-electron chi connectivity index (χ0n) is 11.3. The third-order valence-electron chi connectivity index (χ3n) is 3.00. The van der Waals surface area contributed by atoms with E-state index in [1.165, 1.54) is 12.1 Å². The zero-order chi connectivity index (χ0) is 15.5. The molecule has 0 aliphatic rings. The van der Waals surface area contributed by atoms with Gasteiger partial charge >= 0.3 is 6.18 Å². The average Bonchev–Trinajstić information content (AvgIpc) is 2.44. The molecule has 5 heteroatoms. The van der Waals surface area contributed by atoms with E-state index in [0.717, 1.165) is 12.5 Å². The van der Waals surface area contributed by atoms with Gasteiger partial charge in [-0.1, -0.05) is 48.5 Å². The molecule has 2 aromatic carbocycles. The van der Waals surface area contributed by atoms with Gasteiger partial charge < -0.3 is 5.32 Å². The molecule has 2 aromatic rings. The van der Waals surface area contributed by atoms with Crippen LogP contribution in [-0.2, 0) is 4.79 Å². The Hall–Kier alpha value is -2.30. The quantitative estimate of drug-likeness (QED) is 0.907. The van der Waals surface area contributed by atoms with Crippen LogP contribution >= 0.6 is 0 Å². The topological polar surface area (TPSA) is 29.1 Å². The first-order valence-electron chi connectivity index (χ1n) is 6.37. The molecule has 0 radical (unpaired) electrons. The van der Waals surface area contributed by atoms with Crippen LogP contribution < -0.4 is 5.32 Å². The predicted molar refractivity (Wildman–Crippen MR) is 74.5 cm³/mol. The molecule has 0 spiro atoms. The van der Waals surface area contributed by atoms with E-state index >= 15 is 0 Å². The van der Waals surface area contributed by atoms with Crippen LogP contribution in [0.2, 0.25) is 0 Å². The van der Waals surface area contributed by atoms with Crippen molar-refractivity contribution in [3.05, 3.63) is 60.2 Å². The van der Waals surface area contributed by atoms with Crippen molar-refractivity contribution in [2.75, 3.05) is 0 Å². The number of benzene rings is 2. The Labute approximate surface area is 120 Å². The molecule has 1 atom stereocenters. The van der Waals surface area contributed by atoms with Gasteiger partial charge in [0.2, 0.25) is 5.91 Å². The van der Waals surface area contributed by atoms with Gasteiger partial charge in [0.15, 0.2) is 6.04 Å². The van der Waals surface area contributed by atoms with E-state index in [1.807, 2.05) is 35.6 Å². The highest BCUT2D eigenvalue weighted by atomic mass is 19.4. The third-order valence-corrected chi connectivity index (χ3v) is 3.00. The lowest BCUT2D eigenvalue weighted by Crippen LogP contribution is -2.36. The Morgan fingerprint density at radius 3 is 2.19 bits per heavy atom. The summed E-state index contributed by atoms with van der Waals surface area (Å²) in [5.41, 5.74) is 1.51. The molecule has 0 aliphatic carbocycles. The molecule has 1 unspecified atom stereocenters. The van der Waals surface area contributed by atoms with E-state index in [9.17, 15) is 18.0 Å². The summed E-state index contributed by atoms with van der Waals surface area (Å²) in [6.07, 6.45) is -4.54. The van der Waals surface area contributed by atoms with E-state index in [2.05, 4.69) is 0 Å². The second-order valence-electron chi connectivity index (χ2n) is 4.67. The Morgan fingerprint density at radius 2 is 1.62 bits per heavy atom. The van der Waals surface area contributed by atoms with Crippen molar-refractivity contribution in [2.24, 2.45) is 0 Å². The fourth-order valence-corrected chi connectivity index (χ4v) is 2.09. The molecule has 21 heavy (non-hydrogen) atoms. The van der Waals surface area contributed by atoms with Crippen LogP contribution in [0.5, 0.6) is 0 Å². The summed E-state index contributed by atoms with van der Waals surface area (Å²) in [4.78, 5) is 11.0. The average molecular weight is 293 g/mol. The van der Waals surface area contributed by atoms with E-state index in [0.29, 0.717) is 5.56 Å². The van der Waals surface area contributed by atoms with E-state index < -0.39 is 18.1 Å². The molecule has 0 fully saturated rings. The molecular weight excluding hydrogens is 279 g/mol. The lowest BCUT2D eigenvalue weighted by atomic mass is 9.99. The van der Waals surface area contributed by atoms with Crippen LogP contribution in [0.15, 0.2) is 54.6 Å². The molecule has 0 aliphatic heterocycles. The number of hydrogen-bond donors (Lipinski definition) is 1. The Kier molecular flexibility index (Phi) is 4.31. The van der Waals surface area contributed by atoms with Gasteiger partial charge in [-0.3, -0.25) is 4.79 Å². The van der Waals surface area contributed by atoms with Crippen LogP contribution in [0.3, 0.4) is 0 Å². The molecule has 0 bridgehead atoms. The van der Waals surface area contributed by atoms with E-state index in [-0.39, 0.29) is 5.56 Å². The molecule has 0 saturated heterocycles. The molecule has 0 aromatic heterocycles. The van der Waals surface area contributed by atoms with Crippen molar-refractivity contribution < 1.29 is 18.0 Å². The maximum atomic E-state index is 13.1.